The normalized spacial score (nSPS) is 15.8. The number of carbonyl (C=O) groups is 1. The first-order valence-corrected chi connectivity index (χ1v) is 4.95. The van der Waals surface area contributed by atoms with E-state index < -0.39 is 0 Å². The van der Waals surface area contributed by atoms with Crippen LogP contribution in [0.1, 0.15) is 17.3 Å². The molecule has 14 heavy (non-hydrogen) atoms. The van der Waals surface area contributed by atoms with Crippen molar-refractivity contribution in [2.45, 2.75) is 6.92 Å². The zero-order chi connectivity index (χ0) is 9.97. The molecule has 1 aliphatic rings. The molecule has 1 aliphatic heterocycles. The topological polar surface area (TPSA) is 32.3 Å². The second-order valence-corrected chi connectivity index (χ2v) is 3.36. The van der Waals surface area contributed by atoms with Gasteiger partial charge in [0.2, 0.25) is 0 Å². The van der Waals surface area contributed by atoms with Crippen molar-refractivity contribution in [3.8, 4) is 0 Å². The fourth-order valence-corrected chi connectivity index (χ4v) is 1.72. The van der Waals surface area contributed by atoms with E-state index in [-0.39, 0.29) is 5.91 Å². The molecular weight excluding hydrogens is 176 g/mol. The molecule has 1 heterocycles. The molecule has 0 fully saturated rings. The number of anilines is 1. The van der Waals surface area contributed by atoms with Gasteiger partial charge in [0.05, 0.1) is 5.56 Å². The van der Waals surface area contributed by atoms with E-state index in [1.165, 1.54) is 0 Å². The number of carbonyl (C=O) groups excluding carboxylic acids is 1. The van der Waals surface area contributed by atoms with Crippen LogP contribution in [-0.2, 0) is 0 Å². The lowest BCUT2D eigenvalue weighted by Gasteiger charge is -2.17. The summed E-state index contributed by atoms with van der Waals surface area (Å²) in [4.78, 5) is 13.8. The molecule has 74 valence electrons. The number of rotatable bonds is 1. The lowest BCUT2D eigenvalue weighted by molar-refractivity contribution is 0.0776. The van der Waals surface area contributed by atoms with Gasteiger partial charge in [-0.25, -0.2) is 0 Å². The van der Waals surface area contributed by atoms with Crippen LogP contribution in [0.2, 0.25) is 0 Å². The second-order valence-electron chi connectivity index (χ2n) is 3.36. The van der Waals surface area contributed by atoms with Crippen LogP contribution in [0.15, 0.2) is 24.3 Å². The summed E-state index contributed by atoms with van der Waals surface area (Å²) in [6.45, 7) is 4.39. The van der Waals surface area contributed by atoms with Gasteiger partial charge in [-0.1, -0.05) is 12.1 Å². The highest BCUT2D eigenvalue weighted by molar-refractivity contribution is 6.00. The zero-order valence-electron chi connectivity index (χ0n) is 8.29. The van der Waals surface area contributed by atoms with Gasteiger partial charge >= 0.3 is 0 Å². The van der Waals surface area contributed by atoms with Crippen molar-refractivity contribution in [3.63, 3.8) is 0 Å². The molecule has 0 unspecified atom stereocenters. The van der Waals surface area contributed by atoms with E-state index in [1.807, 2.05) is 36.1 Å². The maximum absolute atomic E-state index is 12.0. The molecule has 1 amide bonds. The molecule has 0 bridgehead atoms. The number of benzene rings is 1. The van der Waals surface area contributed by atoms with Gasteiger partial charge in [-0.3, -0.25) is 4.79 Å². The van der Waals surface area contributed by atoms with Crippen molar-refractivity contribution < 1.29 is 4.79 Å². The summed E-state index contributed by atoms with van der Waals surface area (Å²) in [6.07, 6.45) is 0. The lowest BCUT2D eigenvalue weighted by Crippen LogP contribution is -2.32. The maximum Gasteiger partial charge on any atom is 0.256 e. The van der Waals surface area contributed by atoms with Crippen LogP contribution in [-0.4, -0.2) is 30.4 Å². The summed E-state index contributed by atoms with van der Waals surface area (Å²) < 4.78 is 0. The monoisotopic (exact) mass is 190 g/mol. The summed E-state index contributed by atoms with van der Waals surface area (Å²) in [7, 11) is 0. The third-order valence-electron chi connectivity index (χ3n) is 2.52. The highest BCUT2D eigenvalue weighted by atomic mass is 16.2. The van der Waals surface area contributed by atoms with E-state index in [2.05, 4.69) is 5.32 Å². The Morgan fingerprint density at radius 2 is 2.21 bits per heavy atom. The van der Waals surface area contributed by atoms with E-state index in [1.54, 1.807) is 0 Å². The number of amides is 1. The molecule has 3 heteroatoms. The van der Waals surface area contributed by atoms with Crippen molar-refractivity contribution in [2.24, 2.45) is 0 Å². The van der Waals surface area contributed by atoms with Crippen molar-refractivity contribution >= 4 is 11.6 Å². The average Bonchev–Trinajstić information content (AvgIpc) is 2.39. The van der Waals surface area contributed by atoms with Gasteiger partial charge in [0.25, 0.3) is 5.91 Å². The lowest BCUT2D eigenvalue weighted by atomic mass is 10.1. The summed E-state index contributed by atoms with van der Waals surface area (Å²) in [5.41, 5.74) is 1.74. The number of para-hydroxylation sites is 1. The number of fused-ring (bicyclic) bond motifs is 1. The molecular formula is C11H14N2O. The Morgan fingerprint density at radius 1 is 1.43 bits per heavy atom. The summed E-state index contributed by atoms with van der Waals surface area (Å²) in [5.74, 6) is 0.133. The first kappa shape index (κ1) is 9.06. The highest BCUT2D eigenvalue weighted by Gasteiger charge is 2.19. The van der Waals surface area contributed by atoms with Crippen LogP contribution in [0.25, 0.3) is 0 Å². The minimum atomic E-state index is 0.133. The Labute approximate surface area is 83.7 Å². The van der Waals surface area contributed by atoms with Gasteiger partial charge in [0, 0.05) is 25.3 Å². The van der Waals surface area contributed by atoms with Crippen molar-refractivity contribution in [1.29, 1.82) is 0 Å². The fourth-order valence-electron chi connectivity index (χ4n) is 1.72. The second kappa shape index (κ2) is 3.70. The highest BCUT2D eigenvalue weighted by Crippen LogP contribution is 2.19. The number of nitrogens with one attached hydrogen (secondary N) is 1. The van der Waals surface area contributed by atoms with Crippen LogP contribution in [0.5, 0.6) is 0 Å². The van der Waals surface area contributed by atoms with Crippen LogP contribution < -0.4 is 5.32 Å². The molecule has 0 aromatic heterocycles. The molecule has 1 N–H and O–H groups in total. The van der Waals surface area contributed by atoms with Crippen LogP contribution in [0, 0.1) is 0 Å². The minimum Gasteiger partial charge on any atom is -0.383 e. The molecule has 1 aromatic rings. The van der Waals surface area contributed by atoms with Gasteiger partial charge in [-0.2, -0.15) is 0 Å². The van der Waals surface area contributed by atoms with Gasteiger partial charge in [-0.15, -0.1) is 0 Å². The molecule has 0 spiro atoms. The van der Waals surface area contributed by atoms with Gasteiger partial charge in [0.15, 0.2) is 0 Å². The number of hydrogen-bond donors (Lipinski definition) is 1. The Bertz CT molecular complexity index is 349. The van der Waals surface area contributed by atoms with E-state index in [9.17, 15) is 4.79 Å². The third kappa shape index (κ3) is 1.45. The summed E-state index contributed by atoms with van der Waals surface area (Å²) >= 11 is 0. The summed E-state index contributed by atoms with van der Waals surface area (Å²) in [6, 6.07) is 7.67. The van der Waals surface area contributed by atoms with Gasteiger partial charge in [0.1, 0.15) is 0 Å². The van der Waals surface area contributed by atoms with Gasteiger partial charge in [-0.05, 0) is 19.1 Å². The average molecular weight is 190 g/mol. The number of nitrogens with zero attached hydrogens (tertiary/aromatic N) is 1. The number of likely N-dealkylation sites (N-methyl/N-ethyl adjacent to an activating group) is 1. The minimum absolute atomic E-state index is 0.133. The quantitative estimate of drug-likeness (QED) is 0.729. The zero-order valence-corrected chi connectivity index (χ0v) is 8.29. The van der Waals surface area contributed by atoms with Crippen molar-refractivity contribution in [1.82, 2.24) is 4.90 Å². The van der Waals surface area contributed by atoms with E-state index in [0.29, 0.717) is 0 Å². The van der Waals surface area contributed by atoms with Crippen LogP contribution in [0.4, 0.5) is 5.69 Å². The van der Waals surface area contributed by atoms with Crippen molar-refractivity contribution in [3.05, 3.63) is 29.8 Å². The predicted molar refractivity (Wildman–Crippen MR) is 56.5 cm³/mol. The smallest absolute Gasteiger partial charge is 0.256 e. The third-order valence-corrected chi connectivity index (χ3v) is 2.52. The molecule has 0 saturated carbocycles. The van der Waals surface area contributed by atoms with Gasteiger partial charge < -0.3 is 10.2 Å². The Morgan fingerprint density at radius 3 is 3.00 bits per heavy atom. The largest absolute Gasteiger partial charge is 0.383 e. The molecule has 0 saturated heterocycles. The molecule has 0 aliphatic carbocycles. The molecule has 3 nitrogen and oxygen atoms in total. The van der Waals surface area contributed by atoms with Crippen LogP contribution >= 0.6 is 0 Å². The first-order chi connectivity index (χ1) is 6.83. The SMILES string of the molecule is CCN1CCNc2ccccc2C1=O. The first-order valence-electron chi connectivity index (χ1n) is 4.95. The van der Waals surface area contributed by atoms with Crippen molar-refractivity contribution in [2.75, 3.05) is 25.0 Å². The van der Waals surface area contributed by atoms with E-state index in [4.69, 9.17) is 0 Å². The Hall–Kier alpha value is -1.51. The Balaban J connectivity index is 2.40. The van der Waals surface area contributed by atoms with E-state index >= 15 is 0 Å². The van der Waals surface area contributed by atoms with E-state index in [0.717, 1.165) is 30.9 Å². The fraction of sp³-hybridized carbons (Fsp3) is 0.364. The molecule has 0 atom stereocenters. The Kier molecular flexibility index (Phi) is 2.39. The standard InChI is InChI=1S/C11H14N2O/c1-2-13-8-7-12-10-6-4-3-5-9(10)11(13)14/h3-6,12H,2,7-8H2,1H3. The number of hydrogen-bond acceptors (Lipinski definition) is 2. The maximum atomic E-state index is 12.0. The molecule has 0 radical (unpaired) electrons. The van der Waals surface area contributed by atoms with Crippen LogP contribution in [0.3, 0.4) is 0 Å². The predicted octanol–water partition coefficient (Wildman–Crippen LogP) is 1.57. The summed E-state index contributed by atoms with van der Waals surface area (Å²) in [5, 5.41) is 3.26. The molecule has 1 aromatic carbocycles. The molecule has 2 rings (SSSR count).